The zero-order valence-electron chi connectivity index (χ0n) is 11.5. The summed E-state index contributed by atoms with van der Waals surface area (Å²) in [5.41, 5.74) is 8.17. The van der Waals surface area contributed by atoms with Crippen LogP contribution in [-0.2, 0) is 6.42 Å². The van der Waals surface area contributed by atoms with E-state index in [0.717, 1.165) is 11.1 Å². The molecule has 0 saturated carbocycles. The van der Waals surface area contributed by atoms with Gasteiger partial charge >= 0.3 is 0 Å². The van der Waals surface area contributed by atoms with Crippen molar-refractivity contribution < 1.29 is 8.81 Å². The number of halogens is 1. The van der Waals surface area contributed by atoms with Gasteiger partial charge in [-0.15, -0.1) is 0 Å². The Morgan fingerprint density at radius 2 is 2.05 bits per heavy atom. The Labute approximate surface area is 126 Å². The summed E-state index contributed by atoms with van der Waals surface area (Å²) in [4.78, 5) is 4.90. The van der Waals surface area contributed by atoms with Gasteiger partial charge in [0, 0.05) is 6.04 Å². The number of benzene rings is 2. The molecule has 21 heavy (non-hydrogen) atoms. The number of hydrogen-bond acceptors (Lipinski definition) is 4. The molecule has 0 aliphatic heterocycles. The summed E-state index contributed by atoms with van der Waals surface area (Å²) in [6, 6.07) is 12.5. The summed E-state index contributed by atoms with van der Waals surface area (Å²) in [5, 5.41) is 0.437. The minimum atomic E-state index is -0.277. The Balaban J connectivity index is 1.96. The summed E-state index contributed by atoms with van der Waals surface area (Å²) in [6.45, 7) is 1.90. The van der Waals surface area contributed by atoms with Gasteiger partial charge in [0.15, 0.2) is 5.58 Å². The van der Waals surface area contributed by atoms with E-state index in [1.807, 2.05) is 37.3 Å². The maximum Gasteiger partial charge on any atom is 0.261 e. The summed E-state index contributed by atoms with van der Waals surface area (Å²) >= 11 is 1.20. The monoisotopic (exact) mass is 302 g/mol. The average Bonchev–Trinajstić information content (AvgIpc) is 2.84. The molecule has 1 atom stereocenters. The Morgan fingerprint density at radius 3 is 2.81 bits per heavy atom. The van der Waals surface area contributed by atoms with Crippen LogP contribution < -0.4 is 5.73 Å². The van der Waals surface area contributed by atoms with Gasteiger partial charge in [-0.25, -0.2) is 9.37 Å². The minimum Gasteiger partial charge on any atom is -0.431 e. The minimum absolute atomic E-state index is 0.0326. The number of fused-ring (bicyclic) bond motifs is 1. The molecule has 3 aromatic rings. The van der Waals surface area contributed by atoms with Crippen LogP contribution in [-0.4, -0.2) is 11.0 Å². The molecule has 0 aliphatic carbocycles. The molecule has 0 radical (unpaired) electrons. The van der Waals surface area contributed by atoms with E-state index in [2.05, 4.69) is 4.98 Å². The standard InChI is InChI=1S/C16H15FN2OS/c1-10(18)9-11-5-4-6-12(17)15(11)21-16-19-13-7-2-3-8-14(13)20-16/h2-8,10H,9,18H2,1H3. The maximum atomic E-state index is 14.1. The van der Waals surface area contributed by atoms with Gasteiger partial charge < -0.3 is 10.2 Å². The molecule has 1 aromatic heterocycles. The first-order valence-electron chi connectivity index (χ1n) is 6.70. The largest absolute Gasteiger partial charge is 0.431 e. The lowest BCUT2D eigenvalue weighted by atomic mass is 10.1. The average molecular weight is 302 g/mol. The lowest BCUT2D eigenvalue weighted by Crippen LogP contribution is -2.18. The molecule has 0 fully saturated rings. The van der Waals surface area contributed by atoms with Crippen molar-refractivity contribution in [3.63, 3.8) is 0 Å². The molecule has 1 unspecified atom stereocenters. The highest BCUT2D eigenvalue weighted by atomic mass is 32.2. The maximum absolute atomic E-state index is 14.1. The van der Waals surface area contributed by atoms with Gasteiger partial charge in [-0.2, -0.15) is 0 Å². The molecule has 2 N–H and O–H groups in total. The van der Waals surface area contributed by atoms with Gasteiger partial charge in [0.05, 0.1) is 4.90 Å². The van der Waals surface area contributed by atoms with E-state index >= 15 is 0 Å². The summed E-state index contributed by atoms with van der Waals surface area (Å²) < 4.78 is 19.8. The zero-order valence-corrected chi connectivity index (χ0v) is 12.4. The number of para-hydroxylation sites is 2. The number of aromatic nitrogens is 1. The molecule has 0 aliphatic rings. The number of nitrogens with two attached hydrogens (primary N) is 1. The van der Waals surface area contributed by atoms with E-state index in [0.29, 0.717) is 22.1 Å². The van der Waals surface area contributed by atoms with Crippen molar-refractivity contribution in [2.45, 2.75) is 29.5 Å². The SMILES string of the molecule is CC(N)Cc1cccc(F)c1Sc1nc2ccccc2o1. The van der Waals surface area contributed by atoms with E-state index in [1.165, 1.54) is 17.8 Å². The predicted octanol–water partition coefficient (Wildman–Crippen LogP) is 4.01. The molecule has 0 saturated heterocycles. The molecule has 3 nitrogen and oxygen atoms in total. The lowest BCUT2D eigenvalue weighted by molar-refractivity contribution is 0.488. The van der Waals surface area contributed by atoms with Crippen molar-refractivity contribution in [3.8, 4) is 0 Å². The third-order valence-electron chi connectivity index (χ3n) is 3.05. The molecular weight excluding hydrogens is 287 g/mol. The predicted molar refractivity (Wildman–Crippen MR) is 81.9 cm³/mol. The van der Waals surface area contributed by atoms with Crippen LogP contribution in [0.5, 0.6) is 0 Å². The quantitative estimate of drug-likeness (QED) is 0.791. The van der Waals surface area contributed by atoms with Crippen molar-refractivity contribution in [2.75, 3.05) is 0 Å². The normalized spacial score (nSPS) is 12.7. The highest BCUT2D eigenvalue weighted by molar-refractivity contribution is 7.99. The molecule has 0 spiro atoms. The first-order valence-corrected chi connectivity index (χ1v) is 7.51. The van der Waals surface area contributed by atoms with Gasteiger partial charge in [0.2, 0.25) is 0 Å². The van der Waals surface area contributed by atoms with Crippen LogP contribution in [0.2, 0.25) is 0 Å². The first kappa shape index (κ1) is 14.1. The van der Waals surface area contributed by atoms with Crippen LogP contribution in [0.15, 0.2) is 57.0 Å². The van der Waals surface area contributed by atoms with E-state index in [1.54, 1.807) is 6.07 Å². The van der Waals surface area contributed by atoms with Gasteiger partial charge in [0.1, 0.15) is 11.3 Å². The molecular formula is C16H15FN2OS. The molecule has 5 heteroatoms. The summed E-state index contributed by atoms with van der Waals surface area (Å²) in [7, 11) is 0. The molecule has 108 valence electrons. The van der Waals surface area contributed by atoms with Gasteiger partial charge in [-0.1, -0.05) is 24.3 Å². The van der Waals surface area contributed by atoms with Gasteiger partial charge in [0.25, 0.3) is 5.22 Å². The van der Waals surface area contributed by atoms with Crippen LogP contribution in [0.1, 0.15) is 12.5 Å². The fourth-order valence-corrected chi connectivity index (χ4v) is 3.06. The van der Waals surface area contributed by atoms with Crippen molar-refractivity contribution in [2.24, 2.45) is 5.73 Å². The van der Waals surface area contributed by atoms with Crippen LogP contribution in [0, 0.1) is 5.82 Å². The van der Waals surface area contributed by atoms with Crippen LogP contribution in [0.3, 0.4) is 0 Å². The smallest absolute Gasteiger partial charge is 0.261 e. The Morgan fingerprint density at radius 1 is 1.24 bits per heavy atom. The molecule has 0 amide bonds. The van der Waals surface area contributed by atoms with Crippen molar-refractivity contribution in [1.29, 1.82) is 0 Å². The third-order valence-corrected chi connectivity index (χ3v) is 4.06. The summed E-state index contributed by atoms with van der Waals surface area (Å²) in [6.07, 6.45) is 0.611. The first-order chi connectivity index (χ1) is 10.1. The Bertz CT molecular complexity index is 737. The number of oxazole rings is 1. The van der Waals surface area contributed by atoms with E-state index in [9.17, 15) is 4.39 Å². The fraction of sp³-hybridized carbons (Fsp3) is 0.188. The zero-order chi connectivity index (χ0) is 14.8. The van der Waals surface area contributed by atoms with Crippen LogP contribution >= 0.6 is 11.8 Å². The molecule has 3 rings (SSSR count). The van der Waals surface area contributed by atoms with Crippen molar-refractivity contribution in [3.05, 3.63) is 53.8 Å². The second-order valence-electron chi connectivity index (χ2n) is 4.96. The molecule has 2 aromatic carbocycles. The lowest BCUT2D eigenvalue weighted by Gasteiger charge is -2.10. The van der Waals surface area contributed by atoms with Gasteiger partial charge in [-0.3, -0.25) is 0 Å². The van der Waals surface area contributed by atoms with Crippen LogP contribution in [0.25, 0.3) is 11.1 Å². The topological polar surface area (TPSA) is 52.0 Å². The number of nitrogens with zero attached hydrogens (tertiary/aromatic N) is 1. The van der Waals surface area contributed by atoms with E-state index in [-0.39, 0.29) is 11.9 Å². The molecule has 0 bridgehead atoms. The number of hydrogen-bond donors (Lipinski definition) is 1. The highest BCUT2D eigenvalue weighted by Gasteiger charge is 2.15. The Hall–Kier alpha value is -1.85. The highest BCUT2D eigenvalue weighted by Crippen LogP contribution is 2.34. The second kappa shape index (κ2) is 5.87. The second-order valence-corrected chi connectivity index (χ2v) is 5.92. The molecule has 1 heterocycles. The van der Waals surface area contributed by atoms with Crippen LogP contribution in [0.4, 0.5) is 4.39 Å². The summed E-state index contributed by atoms with van der Waals surface area (Å²) in [5.74, 6) is -0.277. The third kappa shape index (κ3) is 3.09. The van der Waals surface area contributed by atoms with E-state index in [4.69, 9.17) is 10.2 Å². The van der Waals surface area contributed by atoms with Crippen molar-refractivity contribution in [1.82, 2.24) is 4.98 Å². The van der Waals surface area contributed by atoms with E-state index < -0.39 is 0 Å². The number of rotatable bonds is 4. The fourth-order valence-electron chi connectivity index (χ4n) is 2.16. The Kier molecular flexibility index (Phi) is 3.94. The van der Waals surface area contributed by atoms with Gasteiger partial charge in [-0.05, 0) is 48.9 Å². The van der Waals surface area contributed by atoms with Crippen molar-refractivity contribution >= 4 is 22.9 Å².